The van der Waals surface area contributed by atoms with Gasteiger partial charge in [0.1, 0.15) is 0 Å². The Labute approximate surface area is 183 Å². The Morgan fingerprint density at radius 2 is 1.70 bits per heavy atom. The van der Waals surface area contributed by atoms with E-state index >= 15 is 0 Å². The summed E-state index contributed by atoms with van der Waals surface area (Å²) in [4.78, 5) is 2.25. The van der Waals surface area contributed by atoms with Gasteiger partial charge in [-0.25, -0.2) is 0 Å². The van der Waals surface area contributed by atoms with Gasteiger partial charge in [-0.05, 0) is 79.2 Å². The predicted molar refractivity (Wildman–Crippen MR) is 125 cm³/mol. The van der Waals surface area contributed by atoms with Crippen molar-refractivity contribution in [1.29, 1.82) is 0 Å². The number of nitrogens with one attached hydrogen (secondary N) is 1. The van der Waals surface area contributed by atoms with Crippen molar-refractivity contribution in [2.45, 2.75) is 26.4 Å². The summed E-state index contributed by atoms with van der Waals surface area (Å²) in [5, 5.41) is 4.17. The van der Waals surface area contributed by atoms with Gasteiger partial charge in [-0.15, -0.1) is 0 Å². The summed E-state index contributed by atoms with van der Waals surface area (Å²) in [6, 6.07) is 16.7. The van der Waals surface area contributed by atoms with E-state index in [-0.39, 0.29) is 6.04 Å². The normalized spacial score (nSPS) is 15.5. The van der Waals surface area contributed by atoms with E-state index in [1.807, 2.05) is 12.1 Å². The number of hydrogen-bond donors (Lipinski definition) is 1. The number of anilines is 1. The first kappa shape index (κ1) is 20.3. The average Bonchev–Trinajstić information content (AvgIpc) is 3.20. The number of ether oxygens (including phenoxy) is 2. The van der Waals surface area contributed by atoms with E-state index in [9.17, 15) is 0 Å². The maximum Gasteiger partial charge on any atom is 0.174 e. The molecule has 2 heterocycles. The summed E-state index contributed by atoms with van der Waals surface area (Å²) >= 11 is 5.88. The van der Waals surface area contributed by atoms with Crippen LogP contribution >= 0.6 is 12.2 Å². The molecule has 0 spiro atoms. The standard InChI is InChI=1S/C24H27N3O2S/c1-16-12-17(2)14-19(13-16)25-24(30)27-11-10-26-9-5-6-20(26)23(27)18-7-8-21(28-3)22(15-18)29-4/h5-9,12-15,23H,10-11H2,1-4H3,(H,25,30)/t23-/m0/s1. The van der Waals surface area contributed by atoms with E-state index in [1.54, 1.807) is 14.2 Å². The second-order valence-corrected chi connectivity index (χ2v) is 8.03. The Kier molecular flexibility index (Phi) is 5.68. The van der Waals surface area contributed by atoms with Gasteiger partial charge in [-0.1, -0.05) is 12.1 Å². The second kappa shape index (κ2) is 8.40. The highest BCUT2D eigenvalue weighted by molar-refractivity contribution is 7.80. The molecule has 0 unspecified atom stereocenters. The molecular weight excluding hydrogens is 394 g/mol. The molecule has 0 amide bonds. The van der Waals surface area contributed by atoms with Crippen LogP contribution in [0, 0.1) is 13.8 Å². The topological polar surface area (TPSA) is 38.7 Å². The van der Waals surface area contributed by atoms with Crippen molar-refractivity contribution < 1.29 is 9.47 Å². The number of nitrogens with zero attached hydrogens (tertiary/aromatic N) is 2. The highest BCUT2D eigenvalue weighted by Crippen LogP contribution is 2.37. The molecule has 6 heteroatoms. The Bertz CT molecular complexity index is 1060. The summed E-state index contributed by atoms with van der Waals surface area (Å²) in [5.74, 6) is 1.43. The number of methoxy groups -OCH3 is 2. The van der Waals surface area contributed by atoms with Crippen molar-refractivity contribution in [3.8, 4) is 11.5 Å². The van der Waals surface area contributed by atoms with Gasteiger partial charge in [-0.3, -0.25) is 0 Å². The zero-order chi connectivity index (χ0) is 21.3. The molecule has 2 aromatic carbocycles. The smallest absolute Gasteiger partial charge is 0.174 e. The molecule has 1 aliphatic heterocycles. The van der Waals surface area contributed by atoms with Crippen molar-refractivity contribution in [3.63, 3.8) is 0 Å². The van der Waals surface area contributed by atoms with Crippen LogP contribution in [0.3, 0.4) is 0 Å². The molecule has 0 fully saturated rings. The van der Waals surface area contributed by atoms with Crippen molar-refractivity contribution >= 4 is 23.0 Å². The molecule has 0 aliphatic carbocycles. The minimum absolute atomic E-state index is 0.0144. The molecule has 3 aromatic rings. The third-order valence-corrected chi connectivity index (χ3v) is 5.83. The molecule has 1 N–H and O–H groups in total. The second-order valence-electron chi connectivity index (χ2n) is 7.64. The molecule has 0 saturated carbocycles. The molecule has 1 aromatic heterocycles. The third-order valence-electron chi connectivity index (χ3n) is 5.50. The monoisotopic (exact) mass is 421 g/mol. The Hall–Kier alpha value is -2.99. The van der Waals surface area contributed by atoms with Crippen LogP contribution in [-0.2, 0) is 6.54 Å². The van der Waals surface area contributed by atoms with E-state index < -0.39 is 0 Å². The average molecular weight is 422 g/mol. The van der Waals surface area contributed by atoms with Gasteiger partial charge >= 0.3 is 0 Å². The molecule has 0 bridgehead atoms. The molecular formula is C24H27N3O2S. The Balaban J connectivity index is 1.70. The van der Waals surface area contributed by atoms with Gasteiger partial charge < -0.3 is 24.3 Å². The van der Waals surface area contributed by atoms with Crippen molar-refractivity contribution in [2.75, 3.05) is 26.1 Å². The minimum atomic E-state index is -0.0144. The van der Waals surface area contributed by atoms with Crippen LogP contribution in [0.1, 0.15) is 28.4 Å². The van der Waals surface area contributed by atoms with Gasteiger partial charge in [0.25, 0.3) is 0 Å². The van der Waals surface area contributed by atoms with E-state index in [0.29, 0.717) is 10.9 Å². The number of fused-ring (bicyclic) bond motifs is 1. The van der Waals surface area contributed by atoms with Crippen LogP contribution in [0.15, 0.2) is 54.7 Å². The van der Waals surface area contributed by atoms with Crippen LogP contribution < -0.4 is 14.8 Å². The van der Waals surface area contributed by atoms with E-state index in [2.05, 4.69) is 71.2 Å². The first-order chi connectivity index (χ1) is 14.5. The minimum Gasteiger partial charge on any atom is -0.493 e. The summed E-state index contributed by atoms with van der Waals surface area (Å²) < 4.78 is 13.3. The Morgan fingerprint density at radius 1 is 0.967 bits per heavy atom. The molecule has 0 saturated heterocycles. The fraction of sp³-hybridized carbons (Fsp3) is 0.292. The van der Waals surface area contributed by atoms with Crippen molar-refractivity contribution in [3.05, 3.63) is 77.1 Å². The van der Waals surface area contributed by atoms with E-state index in [4.69, 9.17) is 21.7 Å². The Morgan fingerprint density at radius 3 is 2.40 bits per heavy atom. The molecule has 5 nitrogen and oxygen atoms in total. The van der Waals surface area contributed by atoms with Gasteiger partial charge in [0.15, 0.2) is 16.6 Å². The van der Waals surface area contributed by atoms with Crippen molar-refractivity contribution in [1.82, 2.24) is 9.47 Å². The molecule has 156 valence electrons. The molecule has 1 atom stereocenters. The van der Waals surface area contributed by atoms with Gasteiger partial charge in [0.05, 0.1) is 20.3 Å². The molecule has 0 radical (unpaired) electrons. The fourth-order valence-corrected chi connectivity index (χ4v) is 4.53. The van der Waals surface area contributed by atoms with Crippen LogP contribution in [0.2, 0.25) is 0 Å². The SMILES string of the molecule is COc1ccc([C@H]2c3cccn3CCN2C(=S)Nc2cc(C)cc(C)c2)cc1OC. The quantitative estimate of drug-likeness (QED) is 0.605. The van der Waals surface area contributed by atoms with Crippen LogP contribution in [0.25, 0.3) is 0 Å². The number of rotatable bonds is 4. The lowest BCUT2D eigenvalue weighted by Crippen LogP contribution is -2.44. The molecule has 1 aliphatic rings. The number of benzene rings is 2. The summed E-state index contributed by atoms with van der Waals surface area (Å²) in [6.45, 7) is 5.90. The maximum atomic E-state index is 5.88. The van der Waals surface area contributed by atoms with Gasteiger partial charge in [0.2, 0.25) is 0 Å². The predicted octanol–water partition coefficient (Wildman–Crippen LogP) is 4.92. The van der Waals surface area contributed by atoms with Crippen molar-refractivity contribution in [2.24, 2.45) is 0 Å². The molecule has 30 heavy (non-hydrogen) atoms. The highest BCUT2D eigenvalue weighted by Gasteiger charge is 2.31. The highest BCUT2D eigenvalue weighted by atomic mass is 32.1. The first-order valence-corrected chi connectivity index (χ1v) is 10.4. The zero-order valence-corrected chi connectivity index (χ0v) is 18.6. The summed E-state index contributed by atoms with van der Waals surface area (Å²) in [7, 11) is 3.31. The summed E-state index contributed by atoms with van der Waals surface area (Å²) in [5.41, 5.74) is 5.76. The van der Waals surface area contributed by atoms with Gasteiger partial charge in [-0.2, -0.15) is 0 Å². The number of aromatic nitrogens is 1. The third kappa shape index (κ3) is 3.87. The largest absolute Gasteiger partial charge is 0.493 e. The van der Waals surface area contributed by atoms with Crippen LogP contribution in [0.4, 0.5) is 5.69 Å². The maximum absolute atomic E-state index is 5.88. The molecule has 4 rings (SSSR count). The number of thiocarbonyl (C=S) groups is 1. The van der Waals surface area contributed by atoms with Crippen LogP contribution in [0.5, 0.6) is 11.5 Å². The van der Waals surface area contributed by atoms with E-state index in [1.165, 1.54) is 16.8 Å². The lowest BCUT2D eigenvalue weighted by atomic mass is 9.99. The van der Waals surface area contributed by atoms with E-state index in [0.717, 1.165) is 30.1 Å². The first-order valence-electron chi connectivity index (χ1n) is 10.0. The number of hydrogen-bond acceptors (Lipinski definition) is 3. The fourth-order valence-electron chi connectivity index (χ4n) is 4.22. The van der Waals surface area contributed by atoms with Gasteiger partial charge in [0, 0.05) is 30.7 Å². The summed E-state index contributed by atoms with van der Waals surface area (Å²) in [6.07, 6.45) is 2.13. The van der Waals surface area contributed by atoms with Crippen LogP contribution in [-0.4, -0.2) is 35.3 Å². The number of aryl methyl sites for hydroxylation is 2. The zero-order valence-electron chi connectivity index (χ0n) is 17.8. The lowest BCUT2D eigenvalue weighted by Gasteiger charge is -2.39. The lowest BCUT2D eigenvalue weighted by molar-refractivity contribution is 0.291.